The molecule has 0 saturated carbocycles. The molecule has 1 aromatic carbocycles. The van der Waals surface area contributed by atoms with Crippen molar-refractivity contribution < 1.29 is 9.47 Å². The number of pyridine rings is 1. The van der Waals surface area contributed by atoms with Gasteiger partial charge in [-0.25, -0.2) is 4.68 Å². The molecule has 0 fully saturated rings. The predicted molar refractivity (Wildman–Crippen MR) is 93.5 cm³/mol. The summed E-state index contributed by atoms with van der Waals surface area (Å²) in [5.74, 6) is 2.14. The number of anilines is 1. The summed E-state index contributed by atoms with van der Waals surface area (Å²) in [6.45, 7) is 0. The van der Waals surface area contributed by atoms with Crippen LogP contribution in [0.2, 0.25) is 0 Å². The lowest BCUT2D eigenvalue weighted by Gasteiger charge is -2.25. The standard InChI is InChI=1S/C18H17N5O2/c1-24-13-5-6-14(17(8-13)25-2)16-9-15(12-4-3-7-19-10-12)22-18-20-11-21-23(16)18/h3-11,16H,1-2H3,(H,20,21,22)/t16-/m1/s1. The number of aromatic nitrogens is 4. The van der Waals surface area contributed by atoms with E-state index in [0.717, 1.165) is 28.3 Å². The average Bonchev–Trinajstić information content (AvgIpc) is 3.16. The molecule has 0 saturated heterocycles. The number of methoxy groups -OCH3 is 2. The lowest BCUT2D eigenvalue weighted by Crippen LogP contribution is -2.20. The van der Waals surface area contributed by atoms with Crippen molar-refractivity contribution in [3.8, 4) is 11.5 Å². The van der Waals surface area contributed by atoms with E-state index in [9.17, 15) is 0 Å². The summed E-state index contributed by atoms with van der Waals surface area (Å²) >= 11 is 0. The van der Waals surface area contributed by atoms with Crippen molar-refractivity contribution in [1.29, 1.82) is 0 Å². The number of rotatable bonds is 4. The molecule has 0 amide bonds. The fourth-order valence-corrected chi connectivity index (χ4v) is 2.91. The Bertz CT molecular complexity index is 920. The molecule has 3 aromatic rings. The second kappa shape index (κ2) is 6.27. The molecule has 1 N–H and O–H groups in total. The largest absolute Gasteiger partial charge is 0.497 e. The summed E-state index contributed by atoms with van der Waals surface area (Å²) in [4.78, 5) is 8.50. The lowest BCUT2D eigenvalue weighted by atomic mass is 10.0. The molecule has 0 unspecified atom stereocenters. The molecule has 126 valence electrons. The zero-order valence-corrected chi connectivity index (χ0v) is 13.9. The molecule has 7 nitrogen and oxygen atoms in total. The van der Waals surface area contributed by atoms with Gasteiger partial charge in [0.2, 0.25) is 5.95 Å². The van der Waals surface area contributed by atoms with Gasteiger partial charge in [-0.05, 0) is 30.3 Å². The number of hydrogen-bond donors (Lipinski definition) is 1. The van der Waals surface area contributed by atoms with E-state index < -0.39 is 0 Å². The smallest absolute Gasteiger partial charge is 0.226 e. The first kappa shape index (κ1) is 15.2. The number of benzene rings is 1. The monoisotopic (exact) mass is 335 g/mol. The van der Waals surface area contributed by atoms with Crippen molar-refractivity contribution in [3.63, 3.8) is 0 Å². The summed E-state index contributed by atoms with van der Waals surface area (Å²) in [6, 6.07) is 9.51. The van der Waals surface area contributed by atoms with Crippen molar-refractivity contribution in [2.75, 3.05) is 19.5 Å². The highest BCUT2D eigenvalue weighted by atomic mass is 16.5. The van der Waals surface area contributed by atoms with Crippen LogP contribution in [0.4, 0.5) is 5.95 Å². The molecule has 0 radical (unpaired) electrons. The third kappa shape index (κ3) is 2.69. The molecule has 0 aliphatic carbocycles. The number of nitrogens with zero attached hydrogens (tertiary/aromatic N) is 4. The Morgan fingerprint density at radius 3 is 2.84 bits per heavy atom. The Balaban J connectivity index is 1.84. The van der Waals surface area contributed by atoms with Crippen LogP contribution in [0.1, 0.15) is 17.2 Å². The van der Waals surface area contributed by atoms with E-state index >= 15 is 0 Å². The predicted octanol–water partition coefficient (Wildman–Crippen LogP) is 2.75. The summed E-state index contributed by atoms with van der Waals surface area (Å²) < 4.78 is 12.7. The van der Waals surface area contributed by atoms with E-state index in [4.69, 9.17) is 9.47 Å². The third-order valence-corrected chi connectivity index (χ3v) is 4.14. The van der Waals surface area contributed by atoms with Gasteiger partial charge in [0, 0.05) is 35.3 Å². The van der Waals surface area contributed by atoms with Gasteiger partial charge in [-0.3, -0.25) is 4.98 Å². The maximum atomic E-state index is 5.57. The van der Waals surface area contributed by atoms with Gasteiger partial charge in [-0.2, -0.15) is 10.1 Å². The van der Waals surface area contributed by atoms with Gasteiger partial charge < -0.3 is 14.8 Å². The molecule has 3 heterocycles. The molecule has 1 aliphatic rings. The first-order valence-electron chi connectivity index (χ1n) is 7.81. The molecule has 1 aliphatic heterocycles. The van der Waals surface area contributed by atoms with E-state index in [1.54, 1.807) is 20.4 Å². The van der Waals surface area contributed by atoms with E-state index in [2.05, 4.69) is 26.5 Å². The topological polar surface area (TPSA) is 74.1 Å². The number of fused-ring (bicyclic) bond motifs is 1. The highest BCUT2D eigenvalue weighted by Gasteiger charge is 2.26. The SMILES string of the molecule is COc1ccc([C@H]2C=C(c3cccnc3)Nc3ncnn32)c(OC)c1. The first-order chi connectivity index (χ1) is 12.3. The average molecular weight is 335 g/mol. The highest BCUT2D eigenvalue weighted by molar-refractivity contribution is 5.76. The Kier molecular flexibility index (Phi) is 3.81. The Morgan fingerprint density at radius 2 is 2.08 bits per heavy atom. The van der Waals surface area contributed by atoms with Crippen molar-refractivity contribution in [2.24, 2.45) is 0 Å². The molecule has 2 aromatic heterocycles. The van der Waals surface area contributed by atoms with Crippen molar-refractivity contribution in [1.82, 2.24) is 19.7 Å². The van der Waals surface area contributed by atoms with Crippen LogP contribution in [0.15, 0.2) is 55.1 Å². The van der Waals surface area contributed by atoms with Crippen molar-refractivity contribution >= 4 is 11.6 Å². The Morgan fingerprint density at radius 1 is 1.16 bits per heavy atom. The minimum atomic E-state index is -0.158. The zero-order chi connectivity index (χ0) is 17.2. The van der Waals surface area contributed by atoms with Crippen LogP contribution in [0.25, 0.3) is 5.70 Å². The van der Waals surface area contributed by atoms with Gasteiger partial charge in [-0.1, -0.05) is 0 Å². The summed E-state index contributed by atoms with van der Waals surface area (Å²) in [6.07, 6.45) is 7.18. The quantitative estimate of drug-likeness (QED) is 0.790. The van der Waals surface area contributed by atoms with Crippen LogP contribution in [0.3, 0.4) is 0 Å². The minimum absolute atomic E-state index is 0.158. The van der Waals surface area contributed by atoms with Crippen LogP contribution >= 0.6 is 0 Å². The maximum absolute atomic E-state index is 5.57. The molecule has 4 rings (SSSR count). The third-order valence-electron chi connectivity index (χ3n) is 4.14. The molecule has 0 spiro atoms. The summed E-state index contributed by atoms with van der Waals surface area (Å²) in [5, 5.41) is 7.65. The first-order valence-corrected chi connectivity index (χ1v) is 7.81. The highest BCUT2D eigenvalue weighted by Crippen LogP contribution is 2.37. The van der Waals surface area contributed by atoms with Crippen LogP contribution in [0, 0.1) is 0 Å². The maximum Gasteiger partial charge on any atom is 0.226 e. The molecule has 7 heteroatoms. The normalized spacial score (nSPS) is 15.8. The number of allylic oxidation sites excluding steroid dienone is 1. The second-order valence-electron chi connectivity index (χ2n) is 5.53. The molecular formula is C18H17N5O2. The van der Waals surface area contributed by atoms with Gasteiger partial charge in [0.05, 0.1) is 14.2 Å². The van der Waals surface area contributed by atoms with Crippen LogP contribution in [-0.4, -0.2) is 34.0 Å². The van der Waals surface area contributed by atoms with Crippen molar-refractivity contribution in [2.45, 2.75) is 6.04 Å². The van der Waals surface area contributed by atoms with Gasteiger partial charge in [0.1, 0.15) is 23.9 Å². The molecule has 1 atom stereocenters. The summed E-state index contributed by atoms with van der Waals surface area (Å²) in [7, 11) is 3.28. The van der Waals surface area contributed by atoms with Crippen LogP contribution < -0.4 is 14.8 Å². The number of ether oxygens (including phenoxy) is 2. The van der Waals surface area contributed by atoms with Crippen LogP contribution in [0.5, 0.6) is 11.5 Å². The fraction of sp³-hybridized carbons (Fsp3) is 0.167. The van der Waals surface area contributed by atoms with E-state index in [1.807, 2.05) is 41.2 Å². The number of hydrogen-bond acceptors (Lipinski definition) is 6. The van der Waals surface area contributed by atoms with E-state index in [0.29, 0.717) is 5.95 Å². The van der Waals surface area contributed by atoms with Gasteiger partial charge >= 0.3 is 0 Å². The second-order valence-corrected chi connectivity index (χ2v) is 5.53. The fourth-order valence-electron chi connectivity index (χ4n) is 2.91. The lowest BCUT2D eigenvalue weighted by molar-refractivity contribution is 0.387. The molecule has 0 bridgehead atoms. The Hall–Kier alpha value is -3.35. The molecule has 25 heavy (non-hydrogen) atoms. The van der Waals surface area contributed by atoms with Gasteiger partial charge in [0.25, 0.3) is 0 Å². The minimum Gasteiger partial charge on any atom is -0.497 e. The van der Waals surface area contributed by atoms with E-state index in [-0.39, 0.29) is 6.04 Å². The van der Waals surface area contributed by atoms with Gasteiger partial charge in [-0.15, -0.1) is 0 Å². The number of nitrogens with one attached hydrogen (secondary N) is 1. The van der Waals surface area contributed by atoms with Crippen molar-refractivity contribution in [3.05, 3.63) is 66.3 Å². The summed E-state index contributed by atoms with van der Waals surface area (Å²) in [5.41, 5.74) is 2.88. The molecular weight excluding hydrogens is 318 g/mol. The van der Waals surface area contributed by atoms with E-state index in [1.165, 1.54) is 6.33 Å². The Labute approximate surface area is 144 Å². The van der Waals surface area contributed by atoms with Crippen LogP contribution in [-0.2, 0) is 0 Å². The zero-order valence-electron chi connectivity index (χ0n) is 13.9. The van der Waals surface area contributed by atoms with Gasteiger partial charge in [0.15, 0.2) is 0 Å².